The predicted octanol–water partition coefficient (Wildman–Crippen LogP) is 4.86. The first kappa shape index (κ1) is 20.4. The van der Waals surface area contributed by atoms with E-state index in [4.69, 9.17) is 14.0 Å². The van der Waals surface area contributed by atoms with E-state index in [1.807, 2.05) is 24.3 Å². The number of para-hydroxylation sites is 1. The summed E-state index contributed by atoms with van der Waals surface area (Å²) < 4.78 is 31.4. The third-order valence-electron chi connectivity index (χ3n) is 5.37. The lowest BCUT2D eigenvalue weighted by atomic mass is 10.0. The lowest BCUT2D eigenvalue weighted by Crippen LogP contribution is -2.21. The number of hydrogen-bond donors (Lipinski definition) is 0. The van der Waals surface area contributed by atoms with Crippen LogP contribution in [0.25, 0.3) is 39.0 Å². The molecule has 164 valence electrons. The van der Waals surface area contributed by atoms with Crippen LogP contribution in [-0.2, 0) is 0 Å². The van der Waals surface area contributed by atoms with Gasteiger partial charge in [-0.1, -0.05) is 29.4 Å². The molecule has 0 bridgehead atoms. The molecule has 0 atom stereocenters. The van der Waals surface area contributed by atoms with Crippen molar-refractivity contribution in [1.82, 2.24) is 14.7 Å². The maximum atomic E-state index is 14.0. The van der Waals surface area contributed by atoms with E-state index in [9.17, 15) is 9.18 Å². The van der Waals surface area contributed by atoms with Crippen molar-refractivity contribution in [2.24, 2.45) is 0 Å². The first-order chi connectivity index (χ1) is 16.1. The Morgan fingerprint density at radius 2 is 1.82 bits per heavy atom. The second-order valence-corrected chi connectivity index (χ2v) is 7.24. The molecule has 0 fully saturated rings. The first-order valence-electron chi connectivity index (χ1n) is 10.0. The van der Waals surface area contributed by atoms with Gasteiger partial charge in [0.2, 0.25) is 5.88 Å². The molecule has 5 rings (SSSR count). The summed E-state index contributed by atoms with van der Waals surface area (Å²) in [4.78, 5) is 17.7. The summed E-state index contributed by atoms with van der Waals surface area (Å²) in [6.07, 6.45) is 2.50. The Kier molecular flexibility index (Phi) is 5.10. The van der Waals surface area contributed by atoms with E-state index in [0.717, 1.165) is 11.6 Å². The Labute approximate surface area is 187 Å². The number of benzene rings is 2. The second-order valence-electron chi connectivity index (χ2n) is 7.24. The lowest BCUT2D eigenvalue weighted by molar-refractivity contribution is 0.397. The highest BCUT2D eigenvalue weighted by Gasteiger charge is 2.19. The first-order valence-corrected chi connectivity index (χ1v) is 10.0. The molecule has 0 aliphatic rings. The maximum absolute atomic E-state index is 14.0. The molecule has 3 heterocycles. The SMILES string of the molecule is COc1ccc(-c2cc(F)cnc2OC)cc1-n1c(=O)c(-c2ccon2)cc2ccccc21. The zero-order chi connectivity index (χ0) is 22.9. The third-order valence-corrected chi connectivity index (χ3v) is 5.37. The van der Waals surface area contributed by atoms with Gasteiger partial charge in [0.15, 0.2) is 0 Å². The van der Waals surface area contributed by atoms with Crippen LogP contribution in [0.4, 0.5) is 4.39 Å². The number of halogens is 1. The van der Waals surface area contributed by atoms with Crippen LogP contribution in [0.2, 0.25) is 0 Å². The average Bonchev–Trinajstić information content (AvgIpc) is 3.38. The van der Waals surface area contributed by atoms with Crippen molar-refractivity contribution < 1.29 is 18.4 Å². The minimum atomic E-state index is -0.501. The van der Waals surface area contributed by atoms with Crippen LogP contribution in [0.3, 0.4) is 0 Å². The van der Waals surface area contributed by atoms with Gasteiger partial charge >= 0.3 is 0 Å². The number of aromatic nitrogens is 3. The van der Waals surface area contributed by atoms with Crippen LogP contribution in [0.5, 0.6) is 11.6 Å². The average molecular weight is 443 g/mol. The van der Waals surface area contributed by atoms with Crippen molar-refractivity contribution in [2.45, 2.75) is 0 Å². The van der Waals surface area contributed by atoms with Gasteiger partial charge in [0.25, 0.3) is 5.56 Å². The standard InChI is InChI=1S/C25H18FN3O4/c1-31-23-8-7-15(18-13-17(26)14-27-24(18)32-2)12-22(23)29-21-6-4-3-5-16(21)11-19(25(29)30)20-9-10-33-28-20/h3-14H,1-2H3. The molecule has 0 saturated carbocycles. The van der Waals surface area contributed by atoms with E-state index in [-0.39, 0.29) is 11.4 Å². The minimum absolute atomic E-state index is 0.265. The van der Waals surface area contributed by atoms with Crippen molar-refractivity contribution in [3.8, 4) is 39.7 Å². The van der Waals surface area contributed by atoms with Gasteiger partial charge in [-0.3, -0.25) is 9.36 Å². The molecular formula is C25H18FN3O4. The van der Waals surface area contributed by atoms with Gasteiger partial charge in [-0.05, 0) is 41.3 Å². The maximum Gasteiger partial charge on any atom is 0.265 e. The van der Waals surface area contributed by atoms with Crippen molar-refractivity contribution in [3.63, 3.8) is 0 Å². The molecule has 2 aromatic carbocycles. The van der Waals surface area contributed by atoms with E-state index in [0.29, 0.717) is 39.3 Å². The monoisotopic (exact) mass is 443 g/mol. The van der Waals surface area contributed by atoms with Crippen LogP contribution < -0.4 is 15.0 Å². The fraction of sp³-hybridized carbons (Fsp3) is 0.0800. The van der Waals surface area contributed by atoms with E-state index < -0.39 is 5.82 Å². The van der Waals surface area contributed by atoms with Crippen molar-refractivity contribution in [3.05, 3.63) is 89.3 Å². The smallest absolute Gasteiger partial charge is 0.265 e. The van der Waals surface area contributed by atoms with Gasteiger partial charge in [-0.15, -0.1) is 0 Å². The van der Waals surface area contributed by atoms with Crippen molar-refractivity contribution >= 4 is 10.9 Å². The van der Waals surface area contributed by atoms with Crippen LogP contribution in [0.15, 0.2) is 82.4 Å². The minimum Gasteiger partial charge on any atom is -0.495 e. The lowest BCUT2D eigenvalue weighted by Gasteiger charge is -2.17. The molecule has 8 heteroatoms. The van der Waals surface area contributed by atoms with E-state index >= 15 is 0 Å². The molecule has 0 aliphatic heterocycles. The number of nitrogens with zero attached hydrogens (tertiary/aromatic N) is 3. The predicted molar refractivity (Wildman–Crippen MR) is 121 cm³/mol. The summed E-state index contributed by atoms with van der Waals surface area (Å²) in [7, 11) is 2.99. The van der Waals surface area contributed by atoms with Crippen molar-refractivity contribution in [1.29, 1.82) is 0 Å². The zero-order valence-corrected chi connectivity index (χ0v) is 17.8. The number of rotatable bonds is 5. The Balaban J connectivity index is 1.84. The molecule has 33 heavy (non-hydrogen) atoms. The zero-order valence-electron chi connectivity index (χ0n) is 17.8. The van der Waals surface area contributed by atoms with Gasteiger partial charge < -0.3 is 14.0 Å². The fourth-order valence-corrected chi connectivity index (χ4v) is 3.86. The molecule has 5 aromatic rings. The summed E-state index contributed by atoms with van der Waals surface area (Å²) in [6, 6.07) is 17.5. The largest absolute Gasteiger partial charge is 0.495 e. The van der Waals surface area contributed by atoms with Crippen LogP contribution >= 0.6 is 0 Å². The quantitative estimate of drug-likeness (QED) is 0.386. The molecular weight excluding hydrogens is 425 g/mol. The third kappa shape index (κ3) is 3.51. The molecule has 3 aromatic heterocycles. The Hall–Kier alpha value is -4.46. The van der Waals surface area contributed by atoms with Crippen LogP contribution in [0, 0.1) is 5.82 Å². The van der Waals surface area contributed by atoms with Crippen LogP contribution in [0.1, 0.15) is 0 Å². The summed E-state index contributed by atoms with van der Waals surface area (Å²) in [5.41, 5.74) is 2.71. The highest BCUT2D eigenvalue weighted by atomic mass is 19.1. The number of hydrogen-bond acceptors (Lipinski definition) is 6. The second kappa shape index (κ2) is 8.23. The normalized spacial score (nSPS) is 11.0. The number of ether oxygens (including phenoxy) is 2. The summed E-state index contributed by atoms with van der Waals surface area (Å²) >= 11 is 0. The van der Waals surface area contributed by atoms with Gasteiger partial charge in [0, 0.05) is 11.6 Å². The van der Waals surface area contributed by atoms with Gasteiger partial charge in [-0.25, -0.2) is 9.37 Å². The van der Waals surface area contributed by atoms with E-state index in [1.165, 1.54) is 26.5 Å². The summed E-state index contributed by atoms with van der Waals surface area (Å²) in [5.74, 6) is 0.228. The highest BCUT2D eigenvalue weighted by Crippen LogP contribution is 2.35. The summed E-state index contributed by atoms with van der Waals surface area (Å²) in [6.45, 7) is 0. The Bertz CT molecular complexity index is 1530. The fourth-order valence-electron chi connectivity index (χ4n) is 3.86. The molecule has 0 aliphatic carbocycles. The summed E-state index contributed by atoms with van der Waals surface area (Å²) in [5, 5.41) is 4.77. The molecule has 0 unspecified atom stereocenters. The topological polar surface area (TPSA) is 79.4 Å². The van der Waals surface area contributed by atoms with Gasteiger partial charge in [-0.2, -0.15) is 0 Å². The molecule has 0 amide bonds. The number of methoxy groups -OCH3 is 2. The van der Waals surface area contributed by atoms with Gasteiger partial charge in [0.1, 0.15) is 23.5 Å². The number of pyridine rings is 2. The van der Waals surface area contributed by atoms with E-state index in [1.54, 1.807) is 34.9 Å². The van der Waals surface area contributed by atoms with Crippen molar-refractivity contribution in [2.75, 3.05) is 14.2 Å². The molecule has 0 saturated heterocycles. The molecule has 7 nitrogen and oxygen atoms in total. The van der Waals surface area contributed by atoms with Gasteiger partial charge in [0.05, 0.1) is 37.2 Å². The molecule has 0 N–H and O–H groups in total. The molecule has 0 radical (unpaired) electrons. The molecule has 0 spiro atoms. The Morgan fingerprint density at radius 3 is 2.58 bits per heavy atom. The number of fused-ring (bicyclic) bond motifs is 1. The van der Waals surface area contributed by atoms with Crippen LogP contribution in [-0.4, -0.2) is 28.9 Å². The van der Waals surface area contributed by atoms with E-state index in [2.05, 4.69) is 10.1 Å². The highest BCUT2D eigenvalue weighted by molar-refractivity contribution is 5.86. The Morgan fingerprint density at radius 1 is 0.970 bits per heavy atom.